The molecule has 0 radical (unpaired) electrons. The number of carbonyl (C=O) groups is 2. The number of ketones is 1. The number of aryl methyl sites for hydroxylation is 1. The first-order valence-electron chi connectivity index (χ1n) is 11.0. The number of rotatable bonds is 9. The number of hydrogen-bond donors (Lipinski definition) is 0. The number of ether oxygens (including phenoxy) is 1. The highest BCUT2D eigenvalue weighted by Gasteiger charge is 2.23. The second kappa shape index (κ2) is 10.8. The molecule has 1 heterocycles. The van der Waals surface area contributed by atoms with E-state index in [-0.39, 0.29) is 23.1 Å². The van der Waals surface area contributed by atoms with Crippen LogP contribution in [0.2, 0.25) is 0 Å². The molecule has 5 heteroatoms. The molecule has 1 aromatic heterocycles. The van der Waals surface area contributed by atoms with E-state index in [2.05, 4.69) is 37.7 Å². The van der Waals surface area contributed by atoms with E-state index in [1.54, 1.807) is 6.20 Å². The lowest BCUT2D eigenvalue weighted by Crippen LogP contribution is -2.28. The molecular weight excluding hydrogens is 376 g/mol. The van der Waals surface area contributed by atoms with Gasteiger partial charge in [0.05, 0.1) is 23.5 Å². The van der Waals surface area contributed by atoms with Gasteiger partial charge in [0.15, 0.2) is 5.78 Å². The number of hydrogen-bond acceptors (Lipinski definition) is 5. The largest absolute Gasteiger partial charge is 0.460 e. The van der Waals surface area contributed by atoms with Gasteiger partial charge in [0, 0.05) is 6.42 Å². The molecule has 5 nitrogen and oxygen atoms in total. The van der Waals surface area contributed by atoms with Crippen LogP contribution >= 0.6 is 0 Å². The number of unbranched alkanes of at least 4 members (excludes halogenated alkanes) is 1. The second-order valence-electron chi connectivity index (χ2n) is 10.1. The number of nitrogens with zero attached hydrogens (tertiary/aromatic N) is 2. The first-order chi connectivity index (χ1) is 13.7. The molecule has 0 bridgehead atoms. The van der Waals surface area contributed by atoms with Crippen LogP contribution in [0.25, 0.3) is 6.08 Å². The molecule has 0 saturated carbocycles. The monoisotopic (exact) mass is 416 g/mol. The molecule has 168 valence electrons. The van der Waals surface area contributed by atoms with Gasteiger partial charge in [-0.1, -0.05) is 39.7 Å². The van der Waals surface area contributed by atoms with Crippen LogP contribution in [0.5, 0.6) is 0 Å². The summed E-state index contributed by atoms with van der Waals surface area (Å²) in [6.45, 7) is 18.1. The average molecular weight is 417 g/mol. The highest BCUT2D eigenvalue weighted by Crippen LogP contribution is 2.26. The first kappa shape index (κ1) is 26.0. The summed E-state index contributed by atoms with van der Waals surface area (Å²) in [6.07, 6.45) is 7.04. The quantitative estimate of drug-likeness (QED) is 0.267. The Labute approximate surface area is 182 Å². The van der Waals surface area contributed by atoms with E-state index in [4.69, 9.17) is 4.74 Å². The summed E-state index contributed by atoms with van der Waals surface area (Å²) in [4.78, 5) is 33.7. The van der Waals surface area contributed by atoms with Crippen molar-refractivity contribution in [1.82, 2.24) is 9.97 Å². The van der Waals surface area contributed by atoms with Crippen LogP contribution in [0.3, 0.4) is 0 Å². The number of aromatic nitrogens is 2. The normalized spacial score (nSPS) is 13.8. The van der Waals surface area contributed by atoms with Crippen LogP contribution in [0.15, 0.2) is 11.8 Å². The highest BCUT2D eigenvalue weighted by molar-refractivity contribution is 5.94. The number of esters is 1. The minimum absolute atomic E-state index is 0.000936. The van der Waals surface area contributed by atoms with Crippen molar-refractivity contribution >= 4 is 17.8 Å². The smallest absolute Gasteiger partial charge is 0.309 e. The van der Waals surface area contributed by atoms with Crippen LogP contribution in [0.4, 0.5) is 0 Å². The summed E-state index contributed by atoms with van der Waals surface area (Å²) < 4.78 is 5.48. The SMILES string of the molecule is CC[C@@H](CCCCC(=O)c1cnc(/C=C(\C)C(C)(C)C)c(C)n1)C(=O)OC(C)(C)C. The third kappa shape index (κ3) is 8.76. The Morgan fingerprint density at radius 3 is 2.27 bits per heavy atom. The molecule has 30 heavy (non-hydrogen) atoms. The Morgan fingerprint density at radius 2 is 1.77 bits per heavy atom. The summed E-state index contributed by atoms with van der Waals surface area (Å²) in [5, 5.41) is 0. The van der Waals surface area contributed by atoms with Gasteiger partial charge < -0.3 is 4.74 Å². The Kier molecular flexibility index (Phi) is 9.38. The summed E-state index contributed by atoms with van der Waals surface area (Å²) in [7, 11) is 0. The Morgan fingerprint density at radius 1 is 1.13 bits per heavy atom. The molecule has 0 unspecified atom stereocenters. The minimum atomic E-state index is -0.468. The van der Waals surface area contributed by atoms with Crippen molar-refractivity contribution in [1.29, 1.82) is 0 Å². The van der Waals surface area contributed by atoms with E-state index in [1.807, 2.05) is 40.7 Å². The van der Waals surface area contributed by atoms with Gasteiger partial charge in [0.2, 0.25) is 0 Å². The second-order valence-corrected chi connectivity index (χ2v) is 10.1. The maximum Gasteiger partial charge on any atom is 0.309 e. The zero-order valence-corrected chi connectivity index (χ0v) is 20.4. The summed E-state index contributed by atoms with van der Waals surface area (Å²) in [6, 6.07) is 0. The van der Waals surface area contributed by atoms with Gasteiger partial charge in [-0.05, 0) is 65.4 Å². The van der Waals surface area contributed by atoms with E-state index in [0.717, 1.165) is 37.1 Å². The lowest BCUT2D eigenvalue weighted by molar-refractivity contribution is -0.160. The number of Topliss-reactive ketones (excluding diaryl/α,β-unsaturated/α-hetero) is 1. The number of carbonyl (C=O) groups excluding carboxylic acids is 2. The predicted molar refractivity (Wildman–Crippen MR) is 122 cm³/mol. The Balaban J connectivity index is 2.61. The summed E-state index contributed by atoms with van der Waals surface area (Å²) >= 11 is 0. The Bertz CT molecular complexity index is 768. The molecule has 0 amide bonds. The maximum absolute atomic E-state index is 12.5. The lowest BCUT2D eigenvalue weighted by atomic mass is 9.87. The molecule has 0 aromatic carbocycles. The molecule has 0 fully saturated rings. The molecule has 1 rings (SSSR count). The standard InChI is InChI=1S/C25H40N2O3/c1-10-19(23(29)30-25(7,8)9)13-11-12-14-22(28)21-16-26-20(18(3)27-21)15-17(2)24(4,5)6/h15-16,19H,10-14H2,1-9H3/b17-15+/t19-/m0/s1. The third-order valence-electron chi connectivity index (χ3n) is 5.25. The van der Waals surface area contributed by atoms with Crippen molar-refractivity contribution in [3.05, 3.63) is 28.9 Å². The van der Waals surface area contributed by atoms with Crippen molar-refractivity contribution in [3.63, 3.8) is 0 Å². The van der Waals surface area contributed by atoms with Crippen molar-refractivity contribution in [2.45, 2.75) is 100 Å². The first-order valence-corrected chi connectivity index (χ1v) is 11.0. The summed E-state index contributed by atoms with van der Waals surface area (Å²) in [5.74, 6) is -0.260. The van der Waals surface area contributed by atoms with Gasteiger partial charge >= 0.3 is 5.97 Å². The van der Waals surface area contributed by atoms with Gasteiger partial charge in [-0.25, -0.2) is 4.98 Å². The van der Waals surface area contributed by atoms with E-state index in [1.165, 1.54) is 5.57 Å². The fourth-order valence-corrected chi connectivity index (χ4v) is 2.87. The van der Waals surface area contributed by atoms with Gasteiger partial charge in [0.1, 0.15) is 11.3 Å². The van der Waals surface area contributed by atoms with E-state index >= 15 is 0 Å². The molecule has 1 atom stereocenters. The van der Waals surface area contributed by atoms with Crippen LogP contribution in [-0.2, 0) is 9.53 Å². The van der Waals surface area contributed by atoms with E-state index in [0.29, 0.717) is 12.1 Å². The molecule has 0 aliphatic heterocycles. The zero-order valence-electron chi connectivity index (χ0n) is 20.4. The Hall–Kier alpha value is -2.04. The van der Waals surface area contributed by atoms with Gasteiger partial charge in [-0.2, -0.15) is 0 Å². The maximum atomic E-state index is 12.5. The zero-order chi connectivity index (χ0) is 23.1. The van der Waals surface area contributed by atoms with Crippen LogP contribution < -0.4 is 0 Å². The lowest BCUT2D eigenvalue weighted by Gasteiger charge is -2.23. The fraction of sp³-hybridized carbons (Fsp3) is 0.680. The van der Waals surface area contributed by atoms with Crippen molar-refractivity contribution in [2.75, 3.05) is 0 Å². The topological polar surface area (TPSA) is 69.2 Å². The van der Waals surface area contributed by atoms with Crippen molar-refractivity contribution in [2.24, 2.45) is 11.3 Å². The molecule has 1 aromatic rings. The fourth-order valence-electron chi connectivity index (χ4n) is 2.87. The van der Waals surface area contributed by atoms with E-state index in [9.17, 15) is 9.59 Å². The van der Waals surface area contributed by atoms with E-state index < -0.39 is 5.60 Å². The van der Waals surface area contributed by atoms with Gasteiger partial charge in [-0.3, -0.25) is 14.6 Å². The highest BCUT2D eigenvalue weighted by atomic mass is 16.6. The van der Waals surface area contributed by atoms with Gasteiger partial charge in [0.25, 0.3) is 0 Å². The molecule has 0 spiro atoms. The van der Waals surface area contributed by atoms with Crippen LogP contribution in [-0.4, -0.2) is 27.3 Å². The third-order valence-corrected chi connectivity index (χ3v) is 5.25. The molecule has 0 aliphatic rings. The van der Waals surface area contributed by atoms with Crippen LogP contribution in [0.1, 0.15) is 109 Å². The van der Waals surface area contributed by atoms with Crippen molar-refractivity contribution in [3.8, 4) is 0 Å². The number of allylic oxidation sites excluding steroid dienone is 1. The minimum Gasteiger partial charge on any atom is -0.460 e. The molecule has 0 N–H and O–H groups in total. The molecular formula is C25H40N2O3. The van der Waals surface area contributed by atoms with Crippen molar-refractivity contribution < 1.29 is 14.3 Å². The average Bonchev–Trinajstić information content (AvgIpc) is 2.60. The van der Waals surface area contributed by atoms with Crippen LogP contribution in [0, 0.1) is 18.3 Å². The summed E-state index contributed by atoms with van der Waals surface area (Å²) in [5.41, 5.74) is 2.80. The predicted octanol–water partition coefficient (Wildman–Crippen LogP) is 6.35. The van der Waals surface area contributed by atoms with Gasteiger partial charge in [-0.15, -0.1) is 0 Å². The molecule has 0 saturated heterocycles. The molecule has 0 aliphatic carbocycles.